The lowest BCUT2D eigenvalue weighted by atomic mass is 10.3. The van der Waals surface area contributed by atoms with Gasteiger partial charge in [0.25, 0.3) is 0 Å². The summed E-state index contributed by atoms with van der Waals surface area (Å²) in [5, 5.41) is 11.4. The number of methoxy groups -OCH3 is 1. The second-order valence-corrected chi connectivity index (χ2v) is 2.91. The molecule has 1 heterocycles. The molecular weight excluding hydrogens is 198 g/mol. The Morgan fingerprint density at radius 3 is 3.00 bits per heavy atom. The maximum absolute atomic E-state index is 11.2. The Hall–Kier alpha value is -1.79. The van der Waals surface area contributed by atoms with Crippen LogP contribution in [0.3, 0.4) is 0 Å². The van der Waals surface area contributed by atoms with E-state index in [0.29, 0.717) is 6.54 Å². The van der Waals surface area contributed by atoms with Crippen LogP contribution in [0.1, 0.15) is 19.8 Å². The molecule has 3 N–H and O–H groups in total. The average Bonchev–Trinajstić information content (AvgIpc) is 2.66. The fraction of sp³-hybridized carbons (Fsp3) is 0.625. The molecule has 0 spiro atoms. The largest absolute Gasteiger partial charge is 0.466 e. The molecule has 0 unspecified atom stereocenters. The highest BCUT2D eigenvalue weighted by Crippen LogP contribution is 2.03. The van der Waals surface area contributed by atoms with Gasteiger partial charge in [0.05, 0.1) is 7.11 Å². The van der Waals surface area contributed by atoms with E-state index in [1.54, 1.807) is 0 Å². The number of nitrogens with one attached hydrogen (secondary N) is 3. The Morgan fingerprint density at radius 1 is 1.60 bits per heavy atom. The number of aromatic amines is 1. The number of carbonyl (C=O) groups excluding carboxylic acids is 1. The van der Waals surface area contributed by atoms with Crippen LogP contribution in [-0.4, -0.2) is 34.9 Å². The van der Waals surface area contributed by atoms with Crippen molar-refractivity contribution in [2.24, 2.45) is 0 Å². The monoisotopic (exact) mass is 213 g/mol. The molecule has 0 aliphatic rings. The number of ether oxygens (including phenoxy) is 1. The van der Waals surface area contributed by atoms with Gasteiger partial charge in [-0.05, 0) is 6.42 Å². The van der Waals surface area contributed by atoms with Crippen molar-refractivity contribution >= 4 is 12.0 Å². The second-order valence-electron chi connectivity index (χ2n) is 2.91. The predicted molar refractivity (Wildman–Crippen MR) is 54.9 cm³/mol. The zero-order valence-corrected chi connectivity index (χ0v) is 8.83. The molecule has 0 aromatic carbocycles. The van der Waals surface area contributed by atoms with Gasteiger partial charge in [-0.2, -0.15) is 4.98 Å². The maximum Gasteiger partial charge on any atom is 0.336 e. The summed E-state index contributed by atoms with van der Waals surface area (Å²) in [6.07, 6.45) is 1.99. The van der Waals surface area contributed by atoms with E-state index in [0.717, 1.165) is 12.8 Å². The van der Waals surface area contributed by atoms with Gasteiger partial charge in [0.2, 0.25) is 5.95 Å². The first-order valence-electron chi connectivity index (χ1n) is 4.77. The highest BCUT2D eigenvalue weighted by molar-refractivity contribution is 5.87. The Bertz CT molecular complexity index is 312. The second kappa shape index (κ2) is 5.84. The van der Waals surface area contributed by atoms with E-state index < -0.39 is 0 Å². The number of rotatable bonds is 5. The summed E-state index contributed by atoms with van der Waals surface area (Å²) in [6.45, 7) is 2.70. The molecule has 1 aromatic rings. The lowest BCUT2D eigenvalue weighted by Crippen LogP contribution is -2.29. The summed E-state index contributed by atoms with van der Waals surface area (Å²) in [6, 6.07) is -0.110. The Morgan fingerprint density at radius 2 is 2.40 bits per heavy atom. The van der Waals surface area contributed by atoms with E-state index in [2.05, 4.69) is 32.7 Å². The van der Waals surface area contributed by atoms with Crippen molar-refractivity contribution in [3.63, 3.8) is 0 Å². The fourth-order valence-corrected chi connectivity index (χ4v) is 0.924. The normalized spacial score (nSPS) is 9.73. The van der Waals surface area contributed by atoms with Crippen LogP contribution in [0.2, 0.25) is 0 Å². The molecule has 7 nitrogen and oxygen atoms in total. The predicted octanol–water partition coefficient (Wildman–Crippen LogP) is 0.735. The van der Waals surface area contributed by atoms with E-state index in [1.165, 1.54) is 7.11 Å². The smallest absolute Gasteiger partial charge is 0.336 e. The summed E-state index contributed by atoms with van der Waals surface area (Å²) in [4.78, 5) is 15.1. The van der Waals surface area contributed by atoms with Gasteiger partial charge in [-0.1, -0.05) is 13.3 Å². The molecule has 15 heavy (non-hydrogen) atoms. The highest BCUT2D eigenvalue weighted by Gasteiger charge is 2.05. The maximum atomic E-state index is 11.2. The Labute approximate surface area is 87.6 Å². The van der Waals surface area contributed by atoms with Crippen LogP contribution in [0.15, 0.2) is 0 Å². The summed E-state index contributed by atoms with van der Waals surface area (Å²) in [7, 11) is 1.45. The number of hydrogen-bond donors (Lipinski definition) is 3. The van der Waals surface area contributed by atoms with Crippen molar-refractivity contribution in [3.8, 4) is 6.01 Å². The van der Waals surface area contributed by atoms with Gasteiger partial charge < -0.3 is 10.1 Å². The number of carbonyl (C=O) groups is 1. The van der Waals surface area contributed by atoms with Gasteiger partial charge in [0, 0.05) is 6.54 Å². The van der Waals surface area contributed by atoms with Gasteiger partial charge in [0.15, 0.2) is 0 Å². The molecule has 0 radical (unpaired) electrons. The summed E-state index contributed by atoms with van der Waals surface area (Å²) in [5.74, 6) is 0.265. The van der Waals surface area contributed by atoms with Gasteiger partial charge in [-0.25, -0.2) is 9.89 Å². The Balaban J connectivity index is 2.31. The van der Waals surface area contributed by atoms with Crippen molar-refractivity contribution in [2.75, 3.05) is 19.0 Å². The summed E-state index contributed by atoms with van der Waals surface area (Å²) >= 11 is 0. The third-order valence-corrected chi connectivity index (χ3v) is 1.70. The van der Waals surface area contributed by atoms with Crippen molar-refractivity contribution in [1.82, 2.24) is 20.5 Å². The standard InChI is InChI=1S/C8H15N5O2/c1-3-4-5-9-7(14)10-6-11-8(15-2)13-12-6/h3-5H2,1-2H3,(H3,9,10,11,12,13,14). The number of H-pyrrole nitrogens is 1. The molecule has 0 aliphatic heterocycles. The van der Waals surface area contributed by atoms with Gasteiger partial charge >= 0.3 is 12.0 Å². The van der Waals surface area contributed by atoms with Crippen LogP contribution in [0, 0.1) is 0 Å². The van der Waals surface area contributed by atoms with E-state index >= 15 is 0 Å². The number of amides is 2. The van der Waals surface area contributed by atoms with Crippen molar-refractivity contribution in [2.45, 2.75) is 19.8 Å². The molecule has 0 fully saturated rings. The molecule has 0 saturated carbocycles. The number of aromatic nitrogens is 3. The van der Waals surface area contributed by atoms with Crippen LogP contribution in [0.5, 0.6) is 6.01 Å². The van der Waals surface area contributed by atoms with Crippen molar-refractivity contribution in [1.29, 1.82) is 0 Å². The van der Waals surface area contributed by atoms with Crippen LogP contribution in [0.25, 0.3) is 0 Å². The van der Waals surface area contributed by atoms with Gasteiger partial charge in [0.1, 0.15) is 0 Å². The first-order chi connectivity index (χ1) is 7.26. The van der Waals surface area contributed by atoms with E-state index in [1.807, 2.05) is 0 Å². The Kier molecular flexibility index (Phi) is 4.39. The molecule has 1 aromatic heterocycles. The number of anilines is 1. The summed E-state index contributed by atoms with van der Waals surface area (Å²) < 4.78 is 4.75. The number of nitrogens with zero attached hydrogens (tertiary/aromatic N) is 2. The molecule has 0 atom stereocenters. The minimum absolute atomic E-state index is 0.193. The highest BCUT2D eigenvalue weighted by atomic mass is 16.5. The van der Waals surface area contributed by atoms with Crippen LogP contribution >= 0.6 is 0 Å². The molecule has 2 amide bonds. The van der Waals surface area contributed by atoms with Gasteiger partial charge in [-0.15, -0.1) is 5.10 Å². The van der Waals surface area contributed by atoms with Crippen molar-refractivity contribution < 1.29 is 9.53 Å². The number of hydrogen-bond acceptors (Lipinski definition) is 4. The van der Waals surface area contributed by atoms with E-state index in [-0.39, 0.29) is 18.0 Å². The molecule has 0 aliphatic carbocycles. The zero-order valence-electron chi connectivity index (χ0n) is 8.83. The van der Waals surface area contributed by atoms with Crippen LogP contribution < -0.4 is 15.4 Å². The quantitative estimate of drug-likeness (QED) is 0.629. The lowest BCUT2D eigenvalue weighted by Gasteiger charge is -2.03. The molecule has 7 heteroatoms. The van der Waals surface area contributed by atoms with Crippen molar-refractivity contribution in [3.05, 3.63) is 0 Å². The SMILES string of the molecule is CCCCNC(=O)Nc1nc(OC)n[nH]1. The minimum atomic E-state index is -0.303. The molecule has 0 saturated heterocycles. The first-order valence-corrected chi connectivity index (χ1v) is 4.77. The van der Waals surface area contributed by atoms with Gasteiger partial charge in [-0.3, -0.25) is 5.32 Å². The first kappa shape index (κ1) is 11.3. The van der Waals surface area contributed by atoms with E-state index in [4.69, 9.17) is 4.74 Å². The van der Waals surface area contributed by atoms with Crippen LogP contribution in [-0.2, 0) is 0 Å². The zero-order chi connectivity index (χ0) is 11.1. The molecular formula is C8H15N5O2. The third kappa shape index (κ3) is 3.84. The number of unbranched alkanes of at least 4 members (excludes halogenated alkanes) is 1. The average molecular weight is 213 g/mol. The fourth-order valence-electron chi connectivity index (χ4n) is 0.924. The summed E-state index contributed by atoms with van der Waals surface area (Å²) in [5.41, 5.74) is 0. The molecule has 1 rings (SSSR count). The lowest BCUT2D eigenvalue weighted by molar-refractivity contribution is 0.252. The molecule has 84 valence electrons. The topological polar surface area (TPSA) is 91.9 Å². The molecule has 0 bridgehead atoms. The third-order valence-electron chi connectivity index (χ3n) is 1.70. The number of urea groups is 1. The minimum Gasteiger partial charge on any atom is -0.466 e. The van der Waals surface area contributed by atoms with Crippen LogP contribution in [0.4, 0.5) is 10.7 Å². The van der Waals surface area contributed by atoms with E-state index in [9.17, 15) is 4.79 Å².